The van der Waals surface area contributed by atoms with Gasteiger partial charge in [0.25, 0.3) is 5.56 Å². The Balaban J connectivity index is 1.72. The highest BCUT2D eigenvalue weighted by Crippen LogP contribution is 2.25. The van der Waals surface area contributed by atoms with Crippen molar-refractivity contribution in [3.05, 3.63) is 68.7 Å². The molecule has 0 fully saturated rings. The van der Waals surface area contributed by atoms with Gasteiger partial charge in [0.05, 0.1) is 34.6 Å². The van der Waals surface area contributed by atoms with Crippen LogP contribution in [0.5, 0.6) is 5.75 Å². The van der Waals surface area contributed by atoms with Crippen LogP contribution in [0.25, 0.3) is 10.9 Å². The van der Waals surface area contributed by atoms with Crippen LogP contribution in [0.2, 0.25) is 0 Å². The lowest BCUT2D eigenvalue weighted by molar-refractivity contribution is 0.0489. The van der Waals surface area contributed by atoms with Crippen LogP contribution in [-0.2, 0) is 11.3 Å². The van der Waals surface area contributed by atoms with Gasteiger partial charge in [-0.1, -0.05) is 12.1 Å². The molecule has 0 atom stereocenters. The van der Waals surface area contributed by atoms with Gasteiger partial charge in [-0.2, -0.15) is 0 Å². The van der Waals surface area contributed by atoms with E-state index in [1.54, 1.807) is 50.4 Å². The zero-order chi connectivity index (χ0) is 18.7. The standard InChI is InChI=1S/C19H17BrN2O4/c1-12-21-16-6-4-3-5-14(16)18(23)22(12)9-10-26-19(24)13-7-8-17(25-2)15(20)11-13/h3-8,11H,9-10H2,1-2H3. The molecule has 3 rings (SSSR count). The normalized spacial score (nSPS) is 10.7. The third kappa shape index (κ3) is 3.62. The van der Waals surface area contributed by atoms with Gasteiger partial charge in [0.15, 0.2) is 0 Å². The van der Waals surface area contributed by atoms with Crippen molar-refractivity contribution in [2.45, 2.75) is 13.5 Å². The number of halogens is 1. The Morgan fingerprint density at radius 1 is 1.23 bits per heavy atom. The van der Waals surface area contributed by atoms with Gasteiger partial charge in [-0.15, -0.1) is 0 Å². The summed E-state index contributed by atoms with van der Waals surface area (Å²) in [6.07, 6.45) is 0. The molecule has 0 saturated heterocycles. The van der Waals surface area contributed by atoms with Gasteiger partial charge in [-0.3, -0.25) is 9.36 Å². The third-order valence-electron chi connectivity index (χ3n) is 3.99. The van der Waals surface area contributed by atoms with E-state index in [0.29, 0.717) is 32.5 Å². The van der Waals surface area contributed by atoms with E-state index in [9.17, 15) is 9.59 Å². The third-order valence-corrected chi connectivity index (χ3v) is 4.61. The molecule has 2 aromatic carbocycles. The number of hydrogen-bond acceptors (Lipinski definition) is 5. The molecule has 0 aliphatic rings. The number of rotatable bonds is 5. The second kappa shape index (κ2) is 7.70. The van der Waals surface area contributed by atoms with Gasteiger partial charge in [0, 0.05) is 0 Å². The molecule has 0 amide bonds. The van der Waals surface area contributed by atoms with Crippen LogP contribution >= 0.6 is 15.9 Å². The minimum absolute atomic E-state index is 0.0727. The monoisotopic (exact) mass is 416 g/mol. The van der Waals surface area contributed by atoms with E-state index >= 15 is 0 Å². The Morgan fingerprint density at radius 2 is 2.00 bits per heavy atom. The molecule has 0 unspecified atom stereocenters. The molecule has 0 N–H and O–H groups in total. The zero-order valence-corrected chi connectivity index (χ0v) is 15.9. The van der Waals surface area contributed by atoms with Crippen molar-refractivity contribution in [2.75, 3.05) is 13.7 Å². The Hall–Kier alpha value is -2.67. The number of methoxy groups -OCH3 is 1. The number of ether oxygens (including phenoxy) is 2. The molecule has 134 valence electrons. The van der Waals surface area contributed by atoms with Crippen LogP contribution in [0.4, 0.5) is 0 Å². The van der Waals surface area contributed by atoms with E-state index < -0.39 is 5.97 Å². The fraction of sp³-hybridized carbons (Fsp3) is 0.211. The van der Waals surface area contributed by atoms with E-state index in [1.807, 2.05) is 6.07 Å². The first kappa shape index (κ1) is 18.1. The number of carbonyl (C=O) groups excluding carboxylic acids is 1. The molecule has 0 radical (unpaired) electrons. The summed E-state index contributed by atoms with van der Waals surface area (Å²) >= 11 is 3.34. The molecule has 6 nitrogen and oxygen atoms in total. The van der Waals surface area contributed by atoms with Crippen LogP contribution in [0.15, 0.2) is 51.7 Å². The number of benzene rings is 2. The van der Waals surface area contributed by atoms with Gasteiger partial charge in [-0.05, 0) is 53.2 Å². The van der Waals surface area contributed by atoms with Crippen molar-refractivity contribution in [2.24, 2.45) is 0 Å². The molecule has 0 aliphatic heterocycles. The number of hydrogen-bond donors (Lipinski definition) is 0. The summed E-state index contributed by atoms with van der Waals surface area (Å²) in [5, 5.41) is 0.545. The maximum Gasteiger partial charge on any atom is 0.338 e. The first-order valence-electron chi connectivity index (χ1n) is 7.98. The minimum Gasteiger partial charge on any atom is -0.496 e. The first-order valence-corrected chi connectivity index (χ1v) is 8.77. The van der Waals surface area contributed by atoms with Crippen molar-refractivity contribution in [1.29, 1.82) is 0 Å². The Bertz CT molecular complexity index is 1030. The fourth-order valence-corrected chi connectivity index (χ4v) is 3.19. The van der Waals surface area contributed by atoms with Crippen LogP contribution in [-0.4, -0.2) is 29.2 Å². The molecular weight excluding hydrogens is 400 g/mol. The van der Waals surface area contributed by atoms with E-state index in [4.69, 9.17) is 9.47 Å². The second-order valence-corrected chi connectivity index (χ2v) is 6.47. The van der Waals surface area contributed by atoms with Crippen molar-refractivity contribution in [3.8, 4) is 5.75 Å². The van der Waals surface area contributed by atoms with E-state index in [1.165, 1.54) is 4.57 Å². The number of esters is 1. The van der Waals surface area contributed by atoms with E-state index in [0.717, 1.165) is 0 Å². The van der Waals surface area contributed by atoms with E-state index in [2.05, 4.69) is 20.9 Å². The molecule has 1 heterocycles. The Kier molecular flexibility index (Phi) is 5.37. The molecule has 3 aromatic rings. The Morgan fingerprint density at radius 3 is 2.73 bits per heavy atom. The van der Waals surface area contributed by atoms with Gasteiger partial charge < -0.3 is 9.47 Å². The van der Waals surface area contributed by atoms with Gasteiger partial charge in [0.1, 0.15) is 18.2 Å². The lowest BCUT2D eigenvalue weighted by Crippen LogP contribution is -2.26. The molecule has 1 aromatic heterocycles. The predicted octanol–water partition coefficient (Wildman–Crippen LogP) is 3.33. The summed E-state index contributed by atoms with van der Waals surface area (Å²) in [4.78, 5) is 29.2. The maximum atomic E-state index is 12.6. The minimum atomic E-state index is -0.465. The Labute approximate surface area is 158 Å². The molecule has 0 bridgehead atoms. The molecule has 7 heteroatoms. The molecule has 0 spiro atoms. The summed E-state index contributed by atoms with van der Waals surface area (Å²) < 4.78 is 12.6. The zero-order valence-electron chi connectivity index (χ0n) is 14.4. The number of nitrogens with zero attached hydrogens (tertiary/aromatic N) is 2. The fourth-order valence-electron chi connectivity index (χ4n) is 2.65. The second-order valence-electron chi connectivity index (χ2n) is 5.62. The summed E-state index contributed by atoms with van der Waals surface area (Å²) in [6, 6.07) is 12.1. The number of para-hydroxylation sites is 1. The highest BCUT2D eigenvalue weighted by molar-refractivity contribution is 9.10. The quantitative estimate of drug-likeness (QED) is 0.596. The number of carbonyl (C=O) groups is 1. The van der Waals surface area contributed by atoms with Crippen LogP contribution in [0.1, 0.15) is 16.2 Å². The highest BCUT2D eigenvalue weighted by atomic mass is 79.9. The average Bonchev–Trinajstić information content (AvgIpc) is 2.64. The van der Waals surface area contributed by atoms with Crippen molar-refractivity contribution >= 4 is 32.8 Å². The lowest BCUT2D eigenvalue weighted by atomic mass is 10.2. The summed E-state index contributed by atoms with van der Waals surface area (Å²) in [7, 11) is 1.55. The predicted molar refractivity (Wildman–Crippen MR) is 102 cm³/mol. The average molecular weight is 417 g/mol. The van der Waals surface area contributed by atoms with Gasteiger partial charge in [0.2, 0.25) is 0 Å². The van der Waals surface area contributed by atoms with Gasteiger partial charge in [-0.25, -0.2) is 9.78 Å². The largest absolute Gasteiger partial charge is 0.496 e. The maximum absolute atomic E-state index is 12.6. The smallest absolute Gasteiger partial charge is 0.338 e. The van der Waals surface area contributed by atoms with E-state index in [-0.39, 0.29) is 18.7 Å². The van der Waals surface area contributed by atoms with Crippen LogP contribution in [0, 0.1) is 6.92 Å². The summed E-state index contributed by atoms with van der Waals surface area (Å²) in [5.41, 5.74) is 0.918. The van der Waals surface area contributed by atoms with Gasteiger partial charge >= 0.3 is 5.97 Å². The lowest BCUT2D eigenvalue weighted by Gasteiger charge is -2.11. The molecule has 0 saturated carbocycles. The number of aromatic nitrogens is 2. The number of fused-ring (bicyclic) bond motifs is 1. The molecule has 26 heavy (non-hydrogen) atoms. The topological polar surface area (TPSA) is 70.4 Å². The van der Waals surface area contributed by atoms with Crippen molar-refractivity contribution in [1.82, 2.24) is 9.55 Å². The van der Waals surface area contributed by atoms with Crippen LogP contribution in [0.3, 0.4) is 0 Å². The highest BCUT2D eigenvalue weighted by Gasteiger charge is 2.12. The summed E-state index contributed by atoms with van der Waals surface area (Å²) in [6.45, 7) is 2.07. The number of aryl methyl sites for hydroxylation is 1. The summed E-state index contributed by atoms with van der Waals surface area (Å²) in [5.74, 6) is 0.746. The first-order chi connectivity index (χ1) is 12.5. The molecule has 0 aliphatic carbocycles. The van der Waals surface area contributed by atoms with Crippen LogP contribution < -0.4 is 10.3 Å². The molecular formula is C19H17BrN2O4. The SMILES string of the molecule is COc1ccc(C(=O)OCCn2c(C)nc3ccccc3c2=O)cc1Br. The van der Waals surface area contributed by atoms with Crippen molar-refractivity contribution < 1.29 is 14.3 Å². The van der Waals surface area contributed by atoms with Crippen molar-refractivity contribution in [3.63, 3.8) is 0 Å².